The molecule has 0 saturated carbocycles. The third kappa shape index (κ3) is 6.47. The van der Waals surface area contributed by atoms with E-state index >= 15 is 0 Å². The van der Waals surface area contributed by atoms with Crippen LogP contribution in [0.15, 0.2) is 93.8 Å². The molecule has 5 nitrogen and oxygen atoms in total. The molecule has 43 heavy (non-hydrogen) atoms. The first-order valence-electron chi connectivity index (χ1n) is 16.1. The average Bonchev–Trinajstić information content (AvgIpc) is 3.64. The van der Waals surface area contributed by atoms with Gasteiger partial charge in [0.05, 0.1) is 18.6 Å². The van der Waals surface area contributed by atoms with E-state index in [1.165, 1.54) is 60.9 Å². The number of unbranched alkanes of at least 4 members (excludes halogenated alkanes) is 4. The Morgan fingerprint density at radius 2 is 1.30 bits per heavy atom. The number of nitrogens with one attached hydrogen (secondary N) is 1. The Kier molecular flexibility index (Phi) is 8.41. The second-order valence-electron chi connectivity index (χ2n) is 12.0. The Balaban J connectivity index is 0.921. The van der Waals surface area contributed by atoms with Crippen molar-refractivity contribution < 1.29 is 8.83 Å². The largest absolute Gasteiger partial charge is 0.460 e. The number of aromatic nitrogens is 1. The molecule has 0 bridgehead atoms. The number of aryl methyl sites for hydroxylation is 1. The predicted octanol–water partition coefficient (Wildman–Crippen LogP) is 9.67. The molecule has 0 radical (unpaired) electrons. The van der Waals surface area contributed by atoms with E-state index in [0.717, 1.165) is 84.4 Å². The highest BCUT2D eigenvalue weighted by atomic mass is 16.3. The van der Waals surface area contributed by atoms with Crippen LogP contribution in [-0.2, 0) is 25.9 Å². The lowest BCUT2D eigenvalue weighted by Crippen LogP contribution is -2.23. The van der Waals surface area contributed by atoms with Crippen LogP contribution in [0.3, 0.4) is 0 Å². The van der Waals surface area contributed by atoms with Gasteiger partial charge >= 0.3 is 0 Å². The van der Waals surface area contributed by atoms with Gasteiger partial charge in [0, 0.05) is 34.1 Å². The highest BCUT2D eigenvalue weighted by molar-refractivity contribution is 5.93. The maximum Gasteiger partial charge on any atom is 0.134 e. The van der Waals surface area contributed by atoms with Crippen molar-refractivity contribution in [2.45, 2.75) is 70.9 Å². The molecule has 0 unspecified atom stereocenters. The SMILES string of the molecule is c1ccc2oc(CN(CCCCCCCNc3c4c(nc5ccccc35)CCCC4)Cc3cc4ccccc4o3)cc2c1. The van der Waals surface area contributed by atoms with Gasteiger partial charge in [0.1, 0.15) is 22.7 Å². The van der Waals surface area contributed by atoms with Crippen molar-refractivity contribution in [3.63, 3.8) is 0 Å². The zero-order chi connectivity index (χ0) is 28.8. The Morgan fingerprint density at radius 1 is 0.674 bits per heavy atom. The van der Waals surface area contributed by atoms with Crippen molar-refractivity contribution in [2.75, 3.05) is 18.4 Å². The molecule has 3 heterocycles. The fraction of sp³-hybridized carbons (Fsp3) is 0.342. The Labute approximate surface area is 253 Å². The van der Waals surface area contributed by atoms with Crippen LogP contribution in [-0.4, -0.2) is 23.0 Å². The van der Waals surface area contributed by atoms with Gasteiger partial charge in [-0.3, -0.25) is 9.88 Å². The molecule has 1 aliphatic carbocycles. The molecular formula is C38H41N3O2. The summed E-state index contributed by atoms with van der Waals surface area (Å²) in [5, 5.41) is 7.43. The number of nitrogens with zero attached hydrogens (tertiary/aromatic N) is 2. The lowest BCUT2D eigenvalue weighted by atomic mass is 9.92. The van der Waals surface area contributed by atoms with Crippen LogP contribution in [0.1, 0.15) is 67.7 Å². The van der Waals surface area contributed by atoms with E-state index in [2.05, 4.69) is 70.9 Å². The van der Waals surface area contributed by atoms with Gasteiger partial charge in [0.15, 0.2) is 0 Å². The summed E-state index contributed by atoms with van der Waals surface area (Å²) in [6.45, 7) is 3.59. The minimum absolute atomic E-state index is 0.778. The van der Waals surface area contributed by atoms with E-state index in [1.54, 1.807) is 0 Å². The monoisotopic (exact) mass is 571 g/mol. The number of pyridine rings is 1. The summed E-state index contributed by atoms with van der Waals surface area (Å²) in [6.07, 6.45) is 10.9. The molecule has 0 amide bonds. The summed E-state index contributed by atoms with van der Waals surface area (Å²) in [5.74, 6) is 2.02. The highest BCUT2D eigenvalue weighted by Crippen LogP contribution is 2.33. The van der Waals surface area contributed by atoms with Crippen LogP contribution in [0.4, 0.5) is 5.69 Å². The lowest BCUT2D eigenvalue weighted by Gasteiger charge is -2.21. The van der Waals surface area contributed by atoms with E-state index in [0.29, 0.717) is 0 Å². The summed E-state index contributed by atoms with van der Waals surface area (Å²) in [7, 11) is 0. The van der Waals surface area contributed by atoms with Crippen molar-refractivity contribution in [1.29, 1.82) is 0 Å². The molecule has 7 rings (SSSR count). The van der Waals surface area contributed by atoms with Gasteiger partial charge < -0.3 is 14.2 Å². The zero-order valence-corrected chi connectivity index (χ0v) is 25.0. The van der Waals surface area contributed by atoms with Gasteiger partial charge in [-0.1, -0.05) is 73.9 Å². The third-order valence-electron chi connectivity index (χ3n) is 8.83. The molecule has 0 spiro atoms. The molecule has 3 aromatic heterocycles. The number of furan rings is 2. The molecule has 0 saturated heterocycles. The number of anilines is 1. The fourth-order valence-electron chi connectivity index (χ4n) is 6.66. The van der Waals surface area contributed by atoms with Crippen LogP contribution >= 0.6 is 0 Å². The van der Waals surface area contributed by atoms with Crippen LogP contribution in [0.5, 0.6) is 0 Å². The molecule has 0 atom stereocenters. The van der Waals surface area contributed by atoms with Gasteiger partial charge in [0.2, 0.25) is 0 Å². The van der Waals surface area contributed by atoms with E-state index in [1.807, 2.05) is 24.3 Å². The van der Waals surface area contributed by atoms with Crippen LogP contribution < -0.4 is 5.32 Å². The molecule has 0 aliphatic heterocycles. The Bertz CT molecular complexity index is 1670. The van der Waals surface area contributed by atoms with Crippen molar-refractivity contribution in [2.24, 2.45) is 0 Å². The third-order valence-corrected chi connectivity index (χ3v) is 8.83. The molecule has 6 aromatic rings. The van der Waals surface area contributed by atoms with Crippen molar-refractivity contribution in [3.8, 4) is 0 Å². The molecular weight excluding hydrogens is 530 g/mol. The summed E-state index contributed by atoms with van der Waals surface area (Å²) in [4.78, 5) is 7.45. The standard InChI is InChI=1S/C38H41N3O2/c1(2-12-22-39-38-32-16-6-8-18-34(32)40-35-19-9-7-17-33(35)38)3-13-23-41(26-30-24-28-14-4-10-20-36(28)42-30)27-31-25-29-15-5-11-21-37(29)43-31/h4-6,8,10-11,14-16,18,20-21,24-25H,1-3,7,9,12-13,17,19,22-23,26-27H2,(H,39,40). The number of fused-ring (bicyclic) bond motifs is 4. The smallest absolute Gasteiger partial charge is 0.134 e. The van der Waals surface area contributed by atoms with Gasteiger partial charge in [0.25, 0.3) is 0 Å². The van der Waals surface area contributed by atoms with Gasteiger partial charge in [-0.05, 0) is 81.0 Å². The summed E-state index contributed by atoms with van der Waals surface area (Å²) in [5.41, 5.74) is 7.14. The Hall–Kier alpha value is -4.09. The molecule has 3 aromatic carbocycles. The van der Waals surface area contributed by atoms with Gasteiger partial charge in [-0.2, -0.15) is 0 Å². The average molecular weight is 572 g/mol. The van der Waals surface area contributed by atoms with Crippen LogP contribution in [0.25, 0.3) is 32.8 Å². The van der Waals surface area contributed by atoms with E-state index in [4.69, 9.17) is 13.8 Å². The number of hydrogen-bond acceptors (Lipinski definition) is 5. The first-order valence-corrected chi connectivity index (χ1v) is 16.1. The van der Waals surface area contributed by atoms with E-state index in [-0.39, 0.29) is 0 Å². The number of hydrogen-bond donors (Lipinski definition) is 1. The predicted molar refractivity (Wildman–Crippen MR) is 177 cm³/mol. The highest BCUT2D eigenvalue weighted by Gasteiger charge is 2.18. The number of benzene rings is 3. The summed E-state index contributed by atoms with van der Waals surface area (Å²) < 4.78 is 12.4. The second-order valence-corrected chi connectivity index (χ2v) is 12.0. The number of rotatable bonds is 13. The topological polar surface area (TPSA) is 54.4 Å². The normalized spacial score (nSPS) is 13.3. The molecule has 1 aliphatic rings. The minimum atomic E-state index is 0.778. The fourth-order valence-corrected chi connectivity index (χ4v) is 6.66. The summed E-state index contributed by atoms with van der Waals surface area (Å²) >= 11 is 0. The Morgan fingerprint density at radius 3 is 2.05 bits per heavy atom. The minimum Gasteiger partial charge on any atom is -0.460 e. The van der Waals surface area contributed by atoms with Gasteiger partial charge in [-0.15, -0.1) is 0 Å². The quantitative estimate of drug-likeness (QED) is 0.140. The maximum atomic E-state index is 6.18. The molecule has 0 fully saturated rings. The lowest BCUT2D eigenvalue weighted by molar-refractivity contribution is 0.217. The zero-order valence-electron chi connectivity index (χ0n) is 25.0. The first-order chi connectivity index (χ1) is 21.3. The van der Waals surface area contributed by atoms with Gasteiger partial charge in [-0.25, -0.2) is 0 Å². The van der Waals surface area contributed by atoms with Crippen LogP contribution in [0.2, 0.25) is 0 Å². The summed E-state index contributed by atoms with van der Waals surface area (Å²) in [6, 6.07) is 29.5. The maximum absolute atomic E-state index is 6.18. The van der Waals surface area contributed by atoms with Crippen molar-refractivity contribution in [1.82, 2.24) is 9.88 Å². The van der Waals surface area contributed by atoms with Crippen LogP contribution in [0, 0.1) is 0 Å². The molecule has 1 N–H and O–H groups in total. The van der Waals surface area contributed by atoms with Crippen molar-refractivity contribution >= 4 is 38.5 Å². The molecule has 220 valence electrons. The van der Waals surface area contributed by atoms with E-state index < -0.39 is 0 Å². The first kappa shape index (κ1) is 27.7. The van der Waals surface area contributed by atoms with Crippen molar-refractivity contribution in [3.05, 3.63) is 108 Å². The molecule has 5 heteroatoms. The van der Waals surface area contributed by atoms with E-state index in [9.17, 15) is 0 Å². The number of para-hydroxylation sites is 3. The second kappa shape index (κ2) is 13.0.